The summed E-state index contributed by atoms with van der Waals surface area (Å²) in [4.78, 5) is 4.71. The Bertz CT molecular complexity index is 970. The molecule has 0 fully saturated rings. The quantitative estimate of drug-likeness (QED) is 0.619. The van der Waals surface area contributed by atoms with Crippen molar-refractivity contribution in [2.24, 2.45) is 0 Å². The zero-order chi connectivity index (χ0) is 17.2. The first-order chi connectivity index (χ1) is 11.5. The highest BCUT2D eigenvalue weighted by Gasteiger charge is 2.16. The molecular formula is C16H15ClN2O2S3. The molecule has 0 atom stereocenters. The lowest BCUT2D eigenvalue weighted by Crippen LogP contribution is -2.23. The molecule has 4 nitrogen and oxygen atoms in total. The van der Waals surface area contributed by atoms with Gasteiger partial charge < -0.3 is 0 Å². The third-order valence-electron chi connectivity index (χ3n) is 3.33. The number of thiazole rings is 1. The molecule has 0 aliphatic carbocycles. The number of hydrogen-bond donors (Lipinski definition) is 1. The summed E-state index contributed by atoms with van der Waals surface area (Å²) < 4.78 is 29.4. The minimum atomic E-state index is -3.61. The second-order valence-electron chi connectivity index (χ2n) is 4.96. The molecule has 0 spiro atoms. The molecule has 3 aromatic rings. The van der Waals surface area contributed by atoms with E-state index in [1.165, 1.54) is 11.3 Å². The van der Waals surface area contributed by atoms with Crippen LogP contribution in [0.25, 0.3) is 10.2 Å². The van der Waals surface area contributed by atoms with Crippen LogP contribution in [0.3, 0.4) is 0 Å². The number of nitrogens with one attached hydrogen (secondary N) is 1. The van der Waals surface area contributed by atoms with Crippen molar-refractivity contribution in [3.05, 3.63) is 53.1 Å². The van der Waals surface area contributed by atoms with Gasteiger partial charge in [-0.05, 0) is 35.6 Å². The van der Waals surface area contributed by atoms with Gasteiger partial charge in [-0.25, -0.2) is 18.1 Å². The second-order valence-corrected chi connectivity index (χ2v) is 9.67. The Hall–Kier alpha value is -1.12. The Balaban J connectivity index is 1.83. The SMILES string of the molecule is CCSc1nc2ccc(S(=O)(=O)NCc3ccccc3Cl)cc2s1. The van der Waals surface area contributed by atoms with Gasteiger partial charge in [0.25, 0.3) is 0 Å². The van der Waals surface area contributed by atoms with Gasteiger partial charge in [0.2, 0.25) is 10.0 Å². The molecule has 0 bridgehead atoms. The minimum absolute atomic E-state index is 0.152. The average molecular weight is 399 g/mol. The molecule has 24 heavy (non-hydrogen) atoms. The maximum atomic E-state index is 12.5. The largest absolute Gasteiger partial charge is 0.240 e. The maximum Gasteiger partial charge on any atom is 0.240 e. The Morgan fingerprint density at radius 2 is 2.04 bits per heavy atom. The van der Waals surface area contributed by atoms with E-state index < -0.39 is 10.0 Å². The maximum absolute atomic E-state index is 12.5. The van der Waals surface area contributed by atoms with Crippen LogP contribution in [0.4, 0.5) is 0 Å². The van der Waals surface area contributed by atoms with E-state index in [4.69, 9.17) is 11.6 Å². The number of rotatable bonds is 6. The standard InChI is InChI=1S/C16H15ClN2O2S3/c1-2-22-16-19-14-8-7-12(9-15(14)23-16)24(20,21)18-10-11-5-3-4-6-13(11)17/h3-9,18H,2,10H2,1H3. The average Bonchev–Trinajstić information content (AvgIpc) is 2.96. The third-order valence-corrected chi connectivity index (χ3v) is 7.14. The van der Waals surface area contributed by atoms with E-state index in [0.717, 1.165) is 25.9 Å². The first kappa shape index (κ1) is 17.7. The lowest BCUT2D eigenvalue weighted by atomic mass is 10.2. The van der Waals surface area contributed by atoms with Crippen molar-refractivity contribution in [1.82, 2.24) is 9.71 Å². The summed E-state index contributed by atoms with van der Waals surface area (Å²) in [6, 6.07) is 12.2. The summed E-state index contributed by atoms with van der Waals surface area (Å²) in [6.45, 7) is 2.21. The van der Waals surface area contributed by atoms with Crippen LogP contribution in [0.2, 0.25) is 5.02 Å². The topological polar surface area (TPSA) is 59.1 Å². The summed E-state index contributed by atoms with van der Waals surface area (Å²) in [5.41, 5.74) is 1.56. The van der Waals surface area contributed by atoms with Crippen LogP contribution in [-0.2, 0) is 16.6 Å². The molecule has 8 heteroatoms. The van der Waals surface area contributed by atoms with Gasteiger partial charge in [-0.2, -0.15) is 0 Å². The lowest BCUT2D eigenvalue weighted by Gasteiger charge is -2.08. The predicted octanol–water partition coefficient (Wildman–Crippen LogP) is 4.54. The van der Waals surface area contributed by atoms with Gasteiger partial charge in [0.05, 0.1) is 15.1 Å². The van der Waals surface area contributed by atoms with Gasteiger partial charge in [-0.15, -0.1) is 11.3 Å². The Kier molecular flexibility index (Phi) is 5.46. The molecule has 2 aromatic carbocycles. The number of hydrogen-bond acceptors (Lipinski definition) is 5. The summed E-state index contributed by atoms with van der Waals surface area (Å²) >= 11 is 9.22. The number of thioether (sulfide) groups is 1. The zero-order valence-corrected chi connectivity index (χ0v) is 16.0. The van der Waals surface area contributed by atoms with Crippen molar-refractivity contribution in [2.75, 3.05) is 5.75 Å². The van der Waals surface area contributed by atoms with Crippen molar-refractivity contribution < 1.29 is 8.42 Å². The third kappa shape index (κ3) is 3.92. The second kappa shape index (κ2) is 7.41. The van der Waals surface area contributed by atoms with Gasteiger partial charge in [-0.1, -0.05) is 48.5 Å². The molecule has 0 saturated heterocycles. The molecule has 126 valence electrons. The van der Waals surface area contributed by atoms with Gasteiger partial charge in [-0.3, -0.25) is 0 Å². The van der Waals surface area contributed by atoms with Crippen LogP contribution in [0.5, 0.6) is 0 Å². The normalized spacial score (nSPS) is 11.9. The molecule has 0 unspecified atom stereocenters. The zero-order valence-electron chi connectivity index (χ0n) is 12.8. The van der Waals surface area contributed by atoms with Crippen LogP contribution in [-0.4, -0.2) is 19.2 Å². The van der Waals surface area contributed by atoms with E-state index in [2.05, 4.69) is 16.6 Å². The van der Waals surface area contributed by atoms with E-state index in [9.17, 15) is 8.42 Å². The van der Waals surface area contributed by atoms with Gasteiger partial charge in [0.1, 0.15) is 0 Å². The fourth-order valence-electron chi connectivity index (χ4n) is 2.13. The molecule has 3 rings (SSSR count). The smallest absolute Gasteiger partial charge is 0.230 e. The Morgan fingerprint density at radius 3 is 2.79 bits per heavy atom. The van der Waals surface area contributed by atoms with E-state index >= 15 is 0 Å². The first-order valence-electron chi connectivity index (χ1n) is 7.26. The summed E-state index contributed by atoms with van der Waals surface area (Å²) in [6.07, 6.45) is 0. The minimum Gasteiger partial charge on any atom is -0.230 e. The fourth-order valence-corrected chi connectivity index (χ4v) is 5.45. The summed E-state index contributed by atoms with van der Waals surface area (Å²) in [7, 11) is -3.61. The number of aromatic nitrogens is 1. The molecule has 1 aromatic heterocycles. The summed E-state index contributed by atoms with van der Waals surface area (Å²) in [5.74, 6) is 0.935. The number of nitrogens with zero attached hydrogens (tertiary/aromatic N) is 1. The number of benzene rings is 2. The highest BCUT2D eigenvalue weighted by molar-refractivity contribution is 8.01. The van der Waals surface area contributed by atoms with Crippen molar-refractivity contribution in [3.8, 4) is 0 Å². The van der Waals surface area contributed by atoms with Crippen LogP contribution >= 0.6 is 34.7 Å². The van der Waals surface area contributed by atoms with Crippen molar-refractivity contribution >= 4 is 54.9 Å². The van der Waals surface area contributed by atoms with Crippen LogP contribution < -0.4 is 4.72 Å². The van der Waals surface area contributed by atoms with Gasteiger partial charge in [0.15, 0.2) is 4.34 Å². The van der Waals surface area contributed by atoms with Crippen LogP contribution in [0.15, 0.2) is 51.7 Å². The highest BCUT2D eigenvalue weighted by Crippen LogP contribution is 2.30. The Labute approximate surface area is 154 Å². The number of fused-ring (bicyclic) bond motifs is 1. The van der Waals surface area contributed by atoms with Crippen molar-refractivity contribution in [2.45, 2.75) is 22.7 Å². The van der Waals surface area contributed by atoms with Crippen LogP contribution in [0.1, 0.15) is 12.5 Å². The molecule has 0 aliphatic heterocycles. The molecule has 0 amide bonds. The summed E-state index contributed by atoms with van der Waals surface area (Å²) in [5, 5.41) is 0.541. The Morgan fingerprint density at radius 1 is 1.25 bits per heavy atom. The predicted molar refractivity (Wildman–Crippen MR) is 101 cm³/mol. The lowest BCUT2D eigenvalue weighted by molar-refractivity contribution is 0.581. The van der Waals surface area contributed by atoms with Crippen molar-refractivity contribution in [1.29, 1.82) is 0 Å². The van der Waals surface area contributed by atoms with E-state index in [-0.39, 0.29) is 11.4 Å². The first-order valence-corrected chi connectivity index (χ1v) is 10.9. The molecule has 0 saturated carbocycles. The fraction of sp³-hybridized carbons (Fsp3) is 0.188. The number of sulfonamides is 1. The van der Waals surface area contributed by atoms with E-state index in [0.29, 0.717) is 5.02 Å². The van der Waals surface area contributed by atoms with E-state index in [1.54, 1.807) is 42.1 Å². The number of halogens is 1. The molecular weight excluding hydrogens is 384 g/mol. The highest BCUT2D eigenvalue weighted by atomic mass is 35.5. The van der Waals surface area contributed by atoms with Crippen LogP contribution in [0, 0.1) is 0 Å². The molecule has 1 N–H and O–H groups in total. The van der Waals surface area contributed by atoms with Crippen molar-refractivity contribution in [3.63, 3.8) is 0 Å². The van der Waals surface area contributed by atoms with Gasteiger partial charge in [0, 0.05) is 11.6 Å². The molecule has 1 heterocycles. The molecule has 0 aliphatic rings. The monoisotopic (exact) mass is 398 g/mol. The molecule has 0 radical (unpaired) electrons. The van der Waals surface area contributed by atoms with E-state index in [1.807, 2.05) is 12.1 Å². The van der Waals surface area contributed by atoms with Gasteiger partial charge >= 0.3 is 0 Å².